The highest BCUT2D eigenvalue weighted by Gasteiger charge is 2.31. The number of ether oxygens (including phenoxy) is 1. The monoisotopic (exact) mass is 367 g/mol. The lowest BCUT2D eigenvalue weighted by atomic mass is 10.2. The van der Waals surface area contributed by atoms with Crippen molar-refractivity contribution in [1.29, 1.82) is 0 Å². The molecular weight excluding hydrogens is 350 g/mol. The number of halogens is 1. The zero-order chi connectivity index (χ0) is 15.4. The molecule has 0 aromatic heterocycles. The number of hydrogen-bond acceptors (Lipinski definition) is 4. The number of thioether (sulfide) groups is 1. The van der Waals surface area contributed by atoms with E-state index in [0.717, 1.165) is 20.9 Å². The summed E-state index contributed by atoms with van der Waals surface area (Å²) in [6.45, 7) is 7.93. The summed E-state index contributed by atoms with van der Waals surface area (Å²) in [5, 5.41) is 0.945. The molecule has 0 saturated carbocycles. The summed E-state index contributed by atoms with van der Waals surface area (Å²) >= 11 is 5.11. The first kappa shape index (κ1) is 16.2. The van der Waals surface area contributed by atoms with Gasteiger partial charge in [0, 0.05) is 15.9 Å². The van der Waals surface area contributed by atoms with E-state index in [4.69, 9.17) is 4.74 Å². The number of rotatable bonds is 4. The smallest absolute Gasteiger partial charge is 0.336 e. The molecule has 1 atom stereocenters. The molecule has 1 fully saturated rings. The quantitative estimate of drug-likeness (QED) is 0.449. The Morgan fingerprint density at radius 1 is 1.52 bits per heavy atom. The SMILES string of the molecule is C=CC1CS/C(=C(/C)C(=O)OCC)N1c1ccc(Br)cc1. The Labute approximate surface area is 138 Å². The molecule has 1 unspecified atom stereocenters. The third-order valence-corrected chi connectivity index (χ3v) is 5.03. The van der Waals surface area contributed by atoms with Gasteiger partial charge in [-0.2, -0.15) is 0 Å². The maximum absolute atomic E-state index is 12.0. The molecule has 0 aliphatic carbocycles. The van der Waals surface area contributed by atoms with Gasteiger partial charge in [0.1, 0.15) is 0 Å². The van der Waals surface area contributed by atoms with Gasteiger partial charge >= 0.3 is 5.97 Å². The van der Waals surface area contributed by atoms with Crippen LogP contribution in [0, 0.1) is 0 Å². The summed E-state index contributed by atoms with van der Waals surface area (Å²) in [5.74, 6) is 0.623. The number of nitrogens with zero attached hydrogens (tertiary/aromatic N) is 1. The summed E-state index contributed by atoms with van der Waals surface area (Å²) in [6, 6.07) is 8.23. The molecule has 3 nitrogen and oxygen atoms in total. The second kappa shape index (κ2) is 7.18. The Morgan fingerprint density at radius 3 is 2.76 bits per heavy atom. The van der Waals surface area contributed by atoms with E-state index in [0.29, 0.717) is 12.2 Å². The number of anilines is 1. The van der Waals surface area contributed by atoms with Crippen LogP contribution in [0.5, 0.6) is 0 Å². The first-order valence-electron chi connectivity index (χ1n) is 6.76. The van der Waals surface area contributed by atoms with Gasteiger partial charge in [0.15, 0.2) is 0 Å². The minimum Gasteiger partial charge on any atom is -0.463 e. The van der Waals surface area contributed by atoms with Crippen LogP contribution in [-0.2, 0) is 9.53 Å². The third kappa shape index (κ3) is 3.52. The number of benzene rings is 1. The predicted octanol–water partition coefficient (Wildman–Crippen LogP) is 4.35. The first-order chi connectivity index (χ1) is 10.1. The second-order valence-corrected chi connectivity index (χ2v) is 6.54. The van der Waals surface area contributed by atoms with Gasteiger partial charge in [-0.1, -0.05) is 22.0 Å². The maximum Gasteiger partial charge on any atom is 0.336 e. The van der Waals surface area contributed by atoms with Crippen LogP contribution in [0.2, 0.25) is 0 Å². The van der Waals surface area contributed by atoms with E-state index in [-0.39, 0.29) is 12.0 Å². The van der Waals surface area contributed by atoms with Crippen molar-refractivity contribution in [3.63, 3.8) is 0 Å². The van der Waals surface area contributed by atoms with Crippen LogP contribution in [0.15, 0.2) is 52.0 Å². The van der Waals surface area contributed by atoms with Crippen LogP contribution in [0.25, 0.3) is 0 Å². The van der Waals surface area contributed by atoms with E-state index in [2.05, 4.69) is 27.4 Å². The minimum absolute atomic E-state index is 0.176. The van der Waals surface area contributed by atoms with E-state index >= 15 is 0 Å². The minimum atomic E-state index is -0.258. The molecule has 21 heavy (non-hydrogen) atoms. The molecule has 1 aromatic rings. The zero-order valence-electron chi connectivity index (χ0n) is 12.1. The Morgan fingerprint density at radius 2 is 2.19 bits per heavy atom. The van der Waals surface area contributed by atoms with Gasteiger partial charge < -0.3 is 9.64 Å². The van der Waals surface area contributed by atoms with E-state index < -0.39 is 0 Å². The predicted molar refractivity (Wildman–Crippen MR) is 92.4 cm³/mol. The number of carbonyl (C=O) groups excluding carboxylic acids is 1. The highest BCUT2D eigenvalue weighted by atomic mass is 79.9. The van der Waals surface area contributed by atoms with Gasteiger partial charge in [0.05, 0.1) is 23.3 Å². The van der Waals surface area contributed by atoms with Crippen molar-refractivity contribution < 1.29 is 9.53 Å². The van der Waals surface area contributed by atoms with Gasteiger partial charge in [-0.05, 0) is 38.1 Å². The largest absolute Gasteiger partial charge is 0.463 e. The van der Waals surface area contributed by atoms with Crippen LogP contribution in [-0.4, -0.2) is 24.4 Å². The average molecular weight is 368 g/mol. The van der Waals surface area contributed by atoms with E-state index in [1.807, 2.05) is 44.2 Å². The number of esters is 1. The summed E-state index contributed by atoms with van der Waals surface area (Å²) in [5.41, 5.74) is 1.70. The van der Waals surface area contributed by atoms with Gasteiger partial charge in [-0.3, -0.25) is 0 Å². The molecule has 0 spiro atoms. The van der Waals surface area contributed by atoms with E-state index in [1.54, 1.807) is 11.8 Å². The van der Waals surface area contributed by atoms with Gasteiger partial charge in [0.25, 0.3) is 0 Å². The molecule has 1 aliphatic heterocycles. The maximum atomic E-state index is 12.0. The van der Waals surface area contributed by atoms with Gasteiger partial charge in [-0.25, -0.2) is 4.79 Å². The standard InChI is InChI=1S/C16H18BrNO2S/c1-4-13-10-21-15(11(3)16(19)20-5-2)18(13)14-8-6-12(17)7-9-14/h4,6-9,13H,1,5,10H2,2-3H3/b15-11-. The Hall–Kier alpha value is -1.20. The fourth-order valence-electron chi connectivity index (χ4n) is 2.16. The Bertz CT molecular complexity index is 568. The van der Waals surface area contributed by atoms with Crippen LogP contribution >= 0.6 is 27.7 Å². The summed E-state index contributed by atoms with van der Waals surface area (Å²) in [7, 11) is 0. The molecule has 0 radical (unpaired) electrons. The lowest BCUT2D eigenvalue weighted by molar-refractivity contribution is -0.138. The normalized spacial score (nSPS) is 20.3. The lowest BCUT2D eigenvalue weighted by Gasteiger charge is -2.26. The molecule has 0 N–H and O–H groups in total. The van der Waals surface area contributed by atoms with Crippen molar-refractivity contribution in [3.8, 4) is 0 Å². The topological polar surface area (TPSA) is 29.5 Å². The van der Waals surface area contributed by atoms with Crippen molar-refractivity contribution in [2.24, 2.45) is 0 Å². The molecule has 0 bridgehead atoms. The van der Waals surface area contributed by atoms with Crippen molar-refractivity contribution >= 4 is 39.3 Å². The fourth-order valence-corrected chi connectivity index (χ4v) is 3.72. The average Bonchev–Trinajstić information content (AvgIpc) is 2.91. The fraction of sp³-hybridized carbons (Fsp3) is 0.312. The summed E-state index contributed by atoms with van der Waals surface area (Å²) < 4.78 is 6.15. The van der Waals surface area contributed by atoms with Crippen molar-refractivity contribution in [1.82, 2.24) is 0 Å². The molecule has 5 heteroatoms. The number of carbonyl (C=O) groups is 1. The van der Waals surface area contributed by atoms with E-state index in [1.165, 1.54) is 0 Å². The van der Waals surface area contributed by atoms with E-state index in [9.17, 15) is 4.79 Å². The van der Waals surface area contributed by atoms with Gasteiger partial charge in [0.2, 0.25) is 0 Å². The van der Waals surface area contributed by atoms with Crippen molar-refractivity contribution in [3.05, 3.63) is 52.0 Å². The second-order valence-electron chi connectivity index (χ2n) is 4.61. The first-order valence-corrected chi connectivity index (χ1v) is 8.54. The molecule has 1 aliphatic rings. The molecule has 112 valence electrons. The van der Waals surface area contributed by atoms with Crippen LogP contribution in [0.1, 0.15) is 13.8 Å². The summed E-state index contributed by atoms with van der Waals surface area (Å²) in [4.78, 5) is 14.2. The van der Waals surface area contributed by atoms with Crippen molar-refractivity contribution in [2.45, 2.75) is 19.9 Å². The molecule has 1 aromatic carbocycles. The molecule has 1 saturated heterocycles. The highest BCUT2D eigenvalue weighted by Crippen LogP contribution is 2.39. The summed E-state index contributed by atoms with van der Waals surface area (Å²) in [6.07, 6.45) is 1.92. The third-order valence-electron chi connectivity index (χ3n) is 3.22. The Kier molecular flexibility index (Phi) is 5.53. The van der Waals surface area contributed by atoms with Gasteiger partial charge in [-0.15, -0.1) is 18.3 Å². The molecule has 2 rings (SSSR count). The molecular formula is C16H18BrNO2S. The highest BCUT2D eigenvalue weighted by molar-refractivity contribution is 9.10. The number of hydrogen-bond donors (Lipinski definition) is 0. The van der Waals surface area contributed by atoms with Crippen molar-refractivity contribution in [2.75, 3.05) is 17.3 Å². The zero-order valence-corrected chi connectivity index (χ0v) is 14.5. The van der Waals surface area contributed by atoms with Crippen LogP contribution in [0.3, 0.4) is 0 Å². The molecule has 1 heterocycles. The van der Waals surface area contributed by atoms with Crippen LogP contribution in [0.4, 0.5) is 5.69 Å². The van der Waals surface area contributed by atoms with Crippen LogP contribution < -0.4 is 4.90 Å². The Balaban J connectivity index is 2.41. The molecule has 0 amide bonds. The lowest BCUT2D eigenvalue weighted by Crippen LogP contribution is -2.29.